The van der Waals surface area contributed by atoms with Crippen LogP contribution in [0, 0.1) is 0 Å². The van der Waals surface area contributed by atoms with Crippen molar-refractivity contribution in [2.24, 2.45) is 0 Å². The van der Waals surface area contributed by atoms with Crippen molar-refractivity contribution < 1.29 is 19.4 Å². The maximum atomic E-state index is 11.3. The van der Waals surface area contributed by atoms with Crippen LogP contribution >= 0.6 is 0 Å². The number of carboxylic acid groups (broad SMARTS) is 1. The van der Waals surface area contributed by atoms with Crippen molar-refractivity contribution in [3.8, 4) is 11.5 Å². The van der Waals surface area contributed by atoms with Crippen LogP contribution in [0.25, 0.3) is 0 Å². The number of anilines is 1. The number of nitrogens with one attached hydrogen (secondary N) is 1. The second-order valence-corrected chi connectivity index (χ2v) is 4.51. The van der Waals surface area contributed by atoms with Gasteiger partial charge in [-0.1, -0.05) is 5.10 Å². The molecule has 3 rings (SSSR count). The van der Waals surface area contributed by atoms with Crippen LogP contribution in [-0.4, -0.2) is 45.5 Å². The lowest BCUT2D eigenvalue weighted by Gasteiger charge is -2.23. The van der Waals surface area contributed by atoms with Gasteiger partial charge in [-0.05, 0) is 28.6 Å². The van der Waals surface area contributed by atoms with Gasteiger partial charge in [0.1, 0.15) is 23.2 Å². The Morgan fingerprint density at radius 2 is 2.18 bits per heavy atom. The molecule has 9 nitrogen and oxygen atoms in total. The van der Waals surface area contributed by atoms with Crippen molar-refractivity contribution >= 4 is 11.9 Å². The standard InChI is InChI=1S/C13H13N5O4/c1-21-7-3-4-8(11(5-7)22-2)10-6-9(12(19)20)14-13-15-16-17-18(10)13/h3-6,10H,1-2H3,(H,19,20)(H,14,15,17)/t10-/m0/s1. The predicted molar refractivity (Wildman–Crippen MR) is 74.8 cm³/mol. The number of fused-ring (bicyclic) bond motifs is 1. The maximum absolute atomic E-state index is 11.3. The quantitative estimate of drug-likeness (QED) is 0.848. The van der Waals surface area contributed by atoms with E-state index in [1.54, 1.807) is 25.3 Å². The molecule has 1 aliphatic heterocycles. The Balaban J connectivity index is 2.13. The fourth-order valence-corrected chi connectivity index (χ4v) is 2.26. The van der Waals surface area contributed by atoms with E-state index in [-0.39, 0.29) is 11.6 Å². The van der Waals surface area contributed by atoms with Gasteiger partial charge in [0.25, 0.3) is 0 Å². The summed E-state index contributed by atoms with van der Waals surface area (Å²) in [5, 5.41) is 23.1. The SMILES string of the molecule is COc1ccc([C@@H]2C=C(C(=O)O)Nc3nnnn32)c(OC)c1. The summed E-state index contributed by atoms with van der Waals surface area (Å²) in [6, 6.07) is 4.77. The average molecular weight is 303 g/mol. The van der Waals surface area contributed by atoms with E-state index in [9.17, 15) is 9.90 Å². The van der Waals surface area contributed by atoms with Crippen LogP contribution in [0.2, 0.25) is 0 Å². The van der Waals surface area contributed by atoms with E-state index < -0.39 is 12.0 Å². The minimum absolute atomic E-state index is 0.00479. The minimum atomic E-state index is -1.09. The van der Waals surface area contributed by atoms with Crippen LogP contribution in [0.4, 0.5) is 5.95 Å². The number of ether oxygens (including phenoxy) is 2. The van der Waals surface area contributed by atoms with Gasteiger partial charge in [0.05, 0.1) is 14.2 Å². The van der Waals surface area contributed by atoms with E-state index in [1.807, 2.05) is 0 Å². The Morgan fingerprint density at radius 1 is 1.36 bits per heavy atom. The Labute approximate surface area is 125 Å². The van der Waals surface area contributed by atoms with Crippen molar-refractivity contribution in [2.75, 3.05) is 19.5 Å². The third-order valence-electron chi connectivity index (χ3n) is 3.32. The summed E-state index contributed by atoms with van der Waals surface area (Å²) in [4.78, 5) is 11.3. The number of carboxylic acids is 1. The third kappa shape index (κ3) is 2.22. The Kier molecular flexibility index (Phi) is 3.37. The van der Waals surface area contributed by atoms with Gasteiger partial charge in [-0.3, -0.25) is 0 Å². The van der Waals surface area contributed by atoms with Crippen LogP contribution in [0.3, 0.4) is 0 Å². The number of methoxy groups -OCH3 is 2. The molecule has 1 aromatic carbocycles. The summed E-state index contributed by atoms with van der Waals surface area (Å²) in [6.45, 7) is 0. The highest BCUT2D eigenvalue weighted by molar-refractivity contribution is 5.90. The van der Waals surface area contributed by atoms with Crippen molar-refractivity contribution in [3.63, 3.8) is 0 Å². The number of rotatable bonds is 4. The second-order valence-electron chi connectivity index (χ2n) is 4.51. The molecular formula is C13H13N5O4. The van der Waals surface area contributed by atoms with Gasteiger partial charge < -0.3 is 19.9 Å². The lowest BCUT2D eigenvalue weighted by Crippen LogP contribution is -2.24. The molecule has 2 aromatic rings. The van der Waals surface area contributed by atoms with Crippen LogP contribution in [0.15, 0.2) is 30.0 Å². The van der Waals surface area contributed by atoms with Gasteiger partial charge in [-0.15, -0.1) is 0 Å². The van der Waals surface area contributed by atoms with E-state index in [1.165, 1.54) is 17.9 Å². The predicted octanol–water partition coefficient (Wildman–Crippen LogP) is 0.674. The Bertz CT molecular complexity index is 755. The number of nitrogens with zero attached hydrogens (tertiary/aromatic N) is 4. The van der Waals surface area contributed by atoms with E-state index in [4.69, 9.17) is 9.47 Å². The molecule has 0 spiro atoms. The molecule has 0 unspecified atom stereocenters. The van der Waals surface area contributed by atoms with Gasteiger partial charge >= 0.3 is 5.97 Å². The number of carbonyl (C=O) groups is 1. The fourth-order valence-electron chi connectivity index (χ4n) is 2.26. The molecule has 2 N–H and O–H groups in total. The Morgan fingerprint density at radius 3 is 2.86 bits per heavy atom. The molecule has 2 heterocycles. The highest BCUT2D eigenvalue weighted by atomic mass is 16.5. The zero-order chi connectivity index (χ0) is 15.7. The average Bonchev–Trinajstić information content (AvgIpc) is 3.01. The number of hydrogen-bond acceptors (Lipinski definition) is 7. The van der Waals surface area contributed by atoms with Gasteiger partial charge in [0.15, 0.2) is 0 Å². The second kappa shape index (κ2) is 5.35. The number of hydrogen-bond donors (Lipinski definition) is 2. The molecule has 0 fully saturated rings. The number of aromatic nitrogens is 4. The van der Waals surface area contributed by atoms with Crippen molar-refractivity contribution in [1.82, 2.24) is 20.2 Å². The summed E-state index contributed by atoms with van der Waals surface area (Å²) in [7, 11) is 3.09. The Hall–Kier alpha value is -3.10. The number of benzene rings is 1. The monoisotopic (exact) mass is 303 g/mol. The molecule has 9 heteroatoms. The summed E-state index contributed by atoms with van der Waals surface area (Å²) < 4.78 is 12.0. The van der Waals surface area contributed by atoms with Gasteiger partial charge in [0, 0.05) is 11.6 Å². The molecule has 0 bridgehead atoms. The third-order valence-corrected chi connectivity index (χ3v) is 3.32. The number of tetrazole rings is 1. The molecule has 1 atom stereocenters. The summed E-state index contributed by atoms with van der Waals surface area (Å²) in [5.41, 5.74) is 0.724. The number of aliphatic carboxylic acids is 1. The van der Waals surface area contributed by atoms with Crippen LogP contribution in [0.1, 0.15) is 11.6 Å². The fraction of sp³-hybridized carbons (Fsp3) is 0.231. The molecule has 0 saturated carbocycles. The van der Waals surface area contributed by atoms with E-state index in [2.05, 4.69) is 20.8 Å². The van der Waals surface area contributed by atoms with Crippen molar-refractivity contribution in [1.29, 1.82) is 0 Å². The number of allylic oxidation sites excluding steroid dienone is 1. The first kappa shape index (κ1) is 13.9. The minimum Gasteiger partial charge on any atom is -0.497 e. The summed E-state index contributed by atoms with van der Waals surface area (Å²) >= 11 is 0. The van der Waals surface area contributed by atoms with Crippen molar-refractivity contribution in [2.45, 2.75) is 6.04 Å². The molecule has 22 heavy (non-hydrogen) atoms. The van der Waals surface area contributed by atoms with Gasteiger partial charge in [-0.2, -0.15) is 4.68 Å². The normalized spacial score (nSPS) is 16.3. The highest BCUT2D eigenvalue weighted by Crippen LogP contribution is 2.35. The smallest absolute Gasteiger partial charge is 0.352 e. The molecule has 0 amide bonds. The first-order chi connectivity index (χ1) is 10.6. The first-order valence-electron chi connectivity index (χ1n) is 6.36. The lowest BCUT2D eigenvalue weighted by molar-refractivity contribution is -0.132. The van der Waals surface area contributed by atoms with E-state index >= 15 is 0 Å². The topological polar surface area (TPSA) is 111 Å². The van der Waals surface area contributed by atoms with Crippen LogP contribution < -0.4 is 14.8 Å². The zero-order valence-corrected chi connectivity index (χ0v) is 11.8. The van der Waals surface area contributed by atoms with E-state index in [0.717, 1.165) is 5.56 Å². The summed E-state index contributed by atoms with van der Waals surface area (Å²) in [5.74, 6) is 0.345. The van der Waals surface area contributed by atoms with Crippen molar-refractivity contribution in [3.05, 3.63) is 35.5 Å². The first-order valence-corrected chi connectivity index (χ1v) is 6.36. The lowest BCUT2D eigenvalue weighted by atomic mass is 10.0. The highest BCUT2D eigenvalue weighted by Gasteiger charge is 2.28. The molecule has 1 aliphatic rings. The molecular weight excluding hydrogens is 290 g/mol. The van der Waals surface area contributed by atoms with E-state index in [0.29, 0.717) is 11.5 Å². The largest absolute Gasteiger partial charge is 0.497 e. The van der Waals surface area contributed by atoms with Gasteiger partial charge in [-0.25, -0.2) is 4.79 Å². The molecule has 0 aliphatic carbocycles. The maximum Gasteiger partial charge on any atom is 0.352 e. The molecule has 1 aromatic heterocycles. The molecule has 0 saturated heterocycles. The summed E-state index contributed by atoms with van der Waals surface area (Å²) in [6.07, 6.45) is 1.52. The zero-order valence-electron chi connectivity index (χ0n) is 11.8. The molecule has 114 valence electrons. The molecule has 0 radical (unpaired) electrons. The van der Waals surface area contributed by atoms with Crippen LogP contribution in [0.5, 0.6) is 11.5 Å². The van der Waals surface area contributed by atoms with Crippen LogP contribution in [-0.2, 0) is 4.79 Å². The van der Waals surface area contributed by atoms with Gasteiger partial charge in [0.2, 0.25) is 5.95 Å².